The van der Waals surface area contributed by atoms with Crippen LogP contribution in [0.3, 0.4) is 0 Å². The second kappa shape index (κ2) is 9.33. The van der Waals surface area contributed by atoms with Crippen molar-refractivity contribution in [2.75, 3.05) is 37.7 Å². The lowest BCUT2D eigenvalue weighted by Gasteiger charge is -2.42. The van der Waals surface area contributed by atoms with E-state index in [1.807, 2.05) is 32.6 Å². The van der Waals surface area contributed by atoms with Crippen molar-refractivity contribution in [1.29, 1.82) is 0 Å². The standard InChI is InChI=1S/C27H36ClFN6O3/c1-16-22-20(10-21(28)30-16)31-24(37-15-27-8-5-9-34(27)12-17(29)11-27)32-23(22)33-13-18-6-7-19(14-33)35(18)25(36)38-26(2,3)4/h10,17-19H,5-9,11-15H2,1-4H3/t17-,18?,19?,27+/m1/s1. The minimum atomic E-state index is -0.823. The fourth-order valence-corrected chi connectivity index (χ4v) is 7.12. The van der Waals surface area contributed by atoms with E-state index in [4.69, 9.17) is 31.0 Å². The number of aromatic nitrogens is 3. The van der Waals surface area contributed by atoms with Crippen molar-refractivity contribution in [3.63, 3.8) is 0 Å². The smallest absolute Gasteiger partial charge is 0.410 e. The van der Waals surface area contributed by atoms with E-state index in [1.54, 1.807) is 6.07 Å². The summed E-state index contributed by atoms with van der Waals surface area (Å²) in [6.07, 6.45) is 3.20. The number of carbonyl (C=O) groups is 1. The van der Waals surface area contributed by atoms with E-state index >= 15 is 0 Å². The molecular formula is C27H36ClFN6O3. The van der Waals surface area contributed by atoms with E-state index in [9.17, 15) is 9.18 Å². The van der Waals surface area contributed by atoms with Gasteiger partial charge >= 0.3 is 12.1 Å². The Morgan fingerprint density at radius 2 is 1.92 bits per heavy atom. The molecule has 38 heavy (non-hydrogen) atoms. The summed E-state index contributed by atoms with van der Waals surface area (Å²) in [5.41, 5.74) is 0.579. The zero-order valence-corrected chi connectivity index (χ0v) is 23.3. The van der Waals surface area contributed by atoms with Crippen LogP contribution >= 0.6 is 11.6 Å². The van der Waals surface area contributed by atoms with Crippen LogP contribution < -0.4 is 9.64 Å². The second-order valence-electron chi connectivity index (χ2n) is 12.3. The fourth-order valence-electron chi connectivity index (χ4n) is 6.89. The van der Waals surface area contributed by atoms with Crippen molar-refractivity contribution in [3.05, 3.63) is 16.9 Å². The van der Waals surface area contributed by atoms with Crippen LogP contribution in [-0.4, -0.2) is 93.0 Å². The normalized spacial score (nSPS) is 29.3. The van der Waals surface area contributed by atoms with E-state index in [0.29, 0.717) is 43.3 Å². The van der Waals surface area contributed by atoms with Crippen molar-refractivity contribution < 1.29 is 18.7 Å². The predicted molar refractivity (Wildman–Crippen MR) is 143 cm³/mol. The molecule has 4 saturated heterocycles. The van der Waals surface area contributed by atoms with Crippen molar-refractivity contribution in [2.24, 2.45) is 0 Å². The predicted octanol–water partition coefficient (Wildman–Crippen LogP) is 4.53. The first-order valence-electron chi connectivity index (χ1n) is 13.6. The van der Waals surface area contributed by atoms with Crippen LogP contribution in [0.5, 0.6) is 6.01 Å². The molecular weight excluding hydrogens is 511 g/mol. The number of piperazine rings is 1. The fraction of sp³-hybridized carbons (Fsp3) is 0.704. The van der Waals surface area contributed by atoms with E-state index in [0.717, 1.165) is 49.1 Å². The molecule has 4 fully saturated rings. The minimum absolute atomic E-state index is 0.0319. The molecule has 0 N–H and O–H groups in total. The van der Waals surface area contributed by atoms with Crippen LogP contribution in [0.25, 0.3) is 10.9 Å². The first kappa shape index (κ1) is 25.8. The maximum absolute atomic E-state index is 14.3. The third-order valence-corrected chi connectivity index (χ3v) is 8.60. The Hall–Kier alpha value is -2.46. The molecule has 11 heteroatoms. The monoisotopic (exact) mass is 546 g/mol. The lowest BCUT2D eigenvalue weighted by molar-refractivity contribution is 0.0122. The maximum Gasteiger partial charge on any atom is 0.410 e. The van der Waals surface area contributed by atoms with Crippen LogP contribution in [0.15, 0.2) is 6.07 Å². The van der Waals surface area contributed by atoms with Crippen molar-refractivity contribution in [3.8, 4) is 6.01 Å². The summed E-state index contributed by atoms with van der Waals surface area (Å²) < 4.78 is 26.2. The third-order valence-electron chi connectivity index (χ3n) is 8.41. The van der Waals surface area contributed by atoms with Crippen LogP contribution in [0.2, 0.25) is 5.15 Å². The molecule has 0 radical (unpaired) electrons. The quantitative estimate of drug-likeness (QED) is 0.517. The number of aryl methyl sites for hydroxylation is 1. The first-order valence-corrected chi connectivity index (χ1v) is 14.0. The number of anilines is 1. The Bertz CT molecular complexity index is 1240. The van der Waals surface area contributed by atoms with Gasteiger partial charge in [0.05, 0.1) is 34.2 Å². The molecule has 6 heterocycles. The highest BCUT2D eigenvalue weighted by Crippen LogP contribution is 2.41. The van der Waals surface area contributed by atoms with E-state index in [2.05, 4.69) is 14.8 Å². The number of nitrogens with zero attached hydrogens (tertiary/aromatic N) is 6. The van der Waals surface area contributed by atoms with E-state index in [-0.39, 0.29) is 29.7 Å². The molecule has 2 unspecified atom stereocenters. The largest absolute Gasteiger partial charge is 0.461 e. The Kier molecular flexibility index (Phi) is 6.33. The summed E-state index contributed by atoms with van der Waals surface area (Å²) in [5.74, 6) is 0.739. The number of pyridine rings is 1. The average Bonchev–Trinajstić information content (AvgIpc) is 3.43. The molecule has 2 aromatic rings. The summed E-state index contributed by atoms with van der Waals surface area (Å²) in [5, 5.41) is 1.19. The number of carbonyl (C=O) groups excluding carboxylic acids is 1. The Balaban J connectivity index is 1.30. The number of amides is 1. The molecule has 0 spiro atoms. The molecule has 206 valence electrons. The van der Waals surface area contributed by atoms with Crippen molar-refractivity contribution >= 4 is 34.4 Å². The number of fused-ring (bicyclic) bond motifs is 4. The van der Waals surface area contributed by atoms with Gasteiger partial charge < -0.3 is 14.4 Å². The van der Waals surface area contributed by atoms with Gasteiger partial charge in [-0.15, -0.1) is 0 Å². The number of hydrogen-bond acceptors (Lipinski definition) is 8. The maximum atomic E-state index is 14.3. The highest BCUT2D eigenvalue weighted by Gasteiger charge is 2.49. The Morgan fingerprint density at radius 1 is 1.18 bits per heavy atom. The summed E-state index contributed by atoms with van der Waals surface area (Å²) in [6.45, 7) is 10.6. The van der Waals surface area contributed by atoms with Gasteiger partial charge in [-0.1, -0.05) is 11.6 Å². The SMILES string of the molecule is Cc1nc(Cl)cc2nc(OC[C@@]34CCCN3C[C@H](F)C4)nc(N3CC4CCC(C3)N4C(=O)OC(C)(C)C)c12. The van der Waals surface area contributed by atoms with Gasteiger partial charge in [0, 0.05) is 32.1 Å². The van der Waals surface area contributed by atoms with E-state index in [1.165, 1.54) is 0 Å². The van der Waals surface area contributed by atoms with Gasteiger partial charge in [-0.05, 0) is 59.9 Å². The van der Waals surface area contributed by atoms with Gasteiger partial charge in [0.15, 0.2) is 0 Å². The minimum Gasteiger partial charge on any atom is -0.461 e. The van der Waals surface area contributed by atoms with Gasteiger partial charge in [-0.2, -0.15) is 9.97 Å². The highest BCUT2D eigenvalue weighted by molar-refractivity contribution is 6.30. The molecule has 0 aliphatic carbocycles. The van der Waals surface area contributed by atoms with Gasteiger partial charge in [-0.25, -0.2) is 14.2 Å². The topological polar surface area (TPSA) is 83.9 Å². The van der Waals surface area contributed by atoms with Crippen LogP contribution in [0.1, 0.15) is 58.6 Å². The lowest BCUT2D eigenvalue weighted by atomic mass is 9.95. The molecule has 2 aromatic heterocycles. The first-order chi connectivity index (χ1) is 18.0. The van der Waals surface area contributed by atoms with Crippen molar-refractivity contribution in [1.82, 2.24) is 24.8 Å². The second-order valence-corrected chi connectivity index (χ2v) is 12.7. The number of alkyl halides is 1. The van der Waals surface area contributed by atoms with Gasteiger partial charge in [0.25, 0.3) is 0 Å². The van der Waals surface area contributed by atoms with Gasteiger partial charge in [0.1, 0.15) is 29.4 Å². The Morgan fingerprint density at radius 3 is 2.63 bits per heavy atom. The van der Waals surface area contributed by atoms with Gasteiger partial charge in [-0.3, -0.25) is 9.80 Å². The zero-order valence-electron chi connectivity index (χ0n) is 22.5. The molecule has 4 aliphatic heterocycles. The van der Waals surface area contributed by atoms with Crippen LogP contribution in [-0.2, 0) is 4.74 Å². The molecule has 1 amide bonds. The number of ether oxygens (including phenoxy) is 2. The highest BCUT2D eigenvalue weighted by atomic mass is 35.5. The van der Waals surface area contributed by atoms with Crippen LogP contribution in [0, 0.1) is 6.92 Å². The summed E-state index contributed by atoms with van der Waals surface area (Å²) in [7, 11) is 0. The molecule has 0 saturated carbocycles. The molecule has 6 rings (SSSR count). The third kappa shape index (κ3) is 4.63. The summed E-state index contributed by atoms with van der Waals surface area (Å²) in [6, 6.07) is 2.06. The molecule has 4 atom stereocenters. The molecule has 9 nitrogen and oxygen atoms in total. The zero-order chi connectivity index (χ0) is 26.8. The molecule has 4 aliphatic rings. The molecule has 0 aromatic carbocycles. The Labute approximate surface area is 227 Å². The average molecular weight is 547 g/mol. The summed E-state index contributed by atoms with van der Waals surface area (Å²) in [4.78, 5) is 33.4. The van der Waals surface area contributed by atoms with E-state index < -0.39 is 11.8 Å². The number of hydrogen-bond donors (Lipinski definition) is 0. The number of rotatable bonds is 4. The lowest BCUT2D eigenvalue weighted by Crippen LogP contribution is -2.57. The summed E-state index contributed by atoms with van der Waals surface area (Å²) >= 11 is 6.31. The van der Waals surface area contributed by atoms with Crippen molar-refractivity contribution in [2.45, 2.75) is 89.2 Å². The van der Waals surface area contributed by atoms with Crippen LogP contribution in [0.4, 0.5) is 15.0 Å². The van der Waals surface area contributed by atoms with Gasteiger partial charge in [0.2, 0.25) is 0 Å². The molecule has 2 bridgehead atoms. The number of halogens is 2.